The molecule has 110 valence electrons. The molecule has 1 heterocycles. The number of hydrogen-bond acceptors (Lipinski definition) is 4. The number of piperidine rings is 1. The Morgan fingerprint density at radius 1 is 1.42 bits per heavy atom. The Morgan fingerprint density at radius 2 is 2.16 bits per heavy atom. The largest absolute Gasteiger partial charge is 0.389 e. The highest BCUT2D eigenvalue weighted by atomic mass is 16.5. The van der Waals surface area contributed by atoms with Gasteiger partial charge in [-0.05, 0) is 19.3 Å². The number of nitrogens with one attached hydrogen (secondary N) is 1. The predicted octanol–water partition coefficient (Wildman–Crippen LogP) is 0.517. The number of ether oxygens (including phenoxy) is 1. The number of nitrogens with zero attached hydrogens (tertiary/aromatic N) is 1. The van der Waals surface area contributed by atoms with Crippen molar-refractivity contribution in [2.45, 2.75) is 56.8 Å². The summed E-state index contributed by atoms with van der Waals surface area (Å²) in [6, 6.07) is 0.295. The van der Waals surface area contributed by atoms with Gasteiger partial charge in [0.1, 0.15) is 0 Å². The SMILES string of the molecule is CN1CC(NCC(O)COC2CCCC2)CCC1=O. The van der Waals surface area contributed by atoms with Crippen LogP contribution in [0.3, 0.4) is 0 Å². The van der Waals surface area contributed by atoms with E-state index in [-0.39, 0.29) is 5.91 Å². The molecule has 2 aliphatic rings. The zero-order valence-corrected chi connectivity index (χ0v) is 11.8. The Balaban J connectivity index is 1.57. The molecule has 2 unspecified atom stereocenters. The molecule has 0 spiro atoms. The third-order valence-electron chi connectivity index (χ3n) is 4.10. The molecule has 0 bridgehead atoms. The van der Waals surface area contributed by atoms with E-state index in [1.807, 2.05) is 7.05 Å². The number of hydrogen-bond donors (Lipinski definition) is 2. The number of rotatable bonds is 6. The predicted molar refractivity (Wildman–Crippen MR) is 72.9 cm³/mol. The van der Waals surface area contributed by atoms with E-state index in [0.717, 1.165) is 25.8 Å². The summed E-state index contributed by atoms with van der Waals surface area (Å²) in [5.41, 5.74) is 0. The number of likely N-dealkylation sites (tertiary alicyclic amines) is 1. The van der Waals surface area contributed by atoms with Crippen LogP contribution in [-0.4, -0.2) is 60.9 Å². The van der Waals surface area contributed by atoms with Crippen LogP contribution in [0.2, 0.25) is 0 Å². The fourth-order valence-corrected chi connectivity index (χ4v) is 2.84. The van der Waals surface area contributed by atoms with E-state index in [2.05, 4.69) is 5.32 Å². The van der Waals surface area contributed by atoms with Crippen molar-refractivity contribution in [3.63, 3.8) is 0 Å². The van der Waals surface area contributed by atoms with E-state index in [9.17, 15) is 9.90 Å². The van der Waals surface area contributed by atoms with Gasteiger partial charge in [0, 0.05) is 32.6 Å². The van der Waals surface area contributed by atoms with Crippen LogP contribution in [0.15, 0.2) is 0 Å². The summed E-state index contributed by atoms with van der Waals surface area (Å²) in [5.74, 6) is 0.211. The molecule has 2 fully saturated rings. The molecule has 2 atom stereocenters. The maximum absolute atomic E-state index is 11.4. The number of aliphatic hydroxyl groups is 1. The van der Waals surface area contributed by atoms with Crippen molar-refractivity contribution in [3.8, 4) is 0 Å². The Kier molecular flexibility index (Phi) is 5.60. The lowest BCUT2D eigenvalue weighted by molar-refractivity contribution is -0.132. The van der Waals surface area contributed by atoms with Crippen LogP contribution < -0.4 is 5.32 Å². The molecule has 0 aromatic carbocycles. The van der Waals surface area contributed by atoms with Gasteiger partial charge in [-0.15, -0.1) is 0 Å². The van der Waals surface area contributed by atoms with E-state index in [1.54, 1.807) is 4.90 Å². The molecule has 1 saturated heterocycles. The molecule has 5 nitrogen and oxygen atoms in total. The molecule has 0 radical (unpaired) electrons. The Bertz CT molecular complexity index is 292. The van der Waals surface area contributed by atoms with Crippen LogP contribution in [0.4, 0.5) is 0 Å². The summed E-state index contributed by atoms with van der Waals surface area (Å²) in [5, 5.41) is 13.2. The maximum atomic E-state index is 11.4. The van der Waals surface area contributed by atoms with Crippen molar-refractivity contribution in [3.05, 3.63) is 0 Å². The average Bonchev–Trinajstić information content (AvgIpc) is 2.91. The molecule has 5 heteroatoms. The number of carbonyl (C=O) groups is 1. The zero-order valence-electron chi connectivity index (χ0n) is 11.8. The van der Waals surface area contributed by atoms with Crippen molar-refractivity contribution in [1.29, 1.82) is 0 Å². The smallest absolute Gasteiger partial charge is 0.222 e. The van der Waals surface area contributed by atoms with Crippen molar-refractivity contribution >= 4 is 5.91 Å². The fraction of sp³-hybridized carbons (Fsp3) is 0.929. The van der Waals surface area contributed by atoms with Crippen molar-refractivity contribution in [1.82, 2.24) is 10.2 Å². The minimum atomic E-state index is -0.455. The van der Waals surface area contributed by atoms with Crippen LogP contribution in [0.25, 0.3) is 0 Å². The van der Waals surface area contributed by atoms with Crippen LogP contribution in [0.5, 0.6) is 0 Å². The highest BCUT2D eigenvalue weighted by Gasteiger charge is 2.23. The van der Waals surface area contributed by atoms with Gasteiger partial charge in [-0.3, -0.25) is 4.79 Å². The first-order valence-electron chi connectivity index (χ1n) is 7.42. The summed E-state index contributed by atoms with van der Waals surface area (Å²) in [6.45, 7) is 1.69. The van der Waals surface area contributed by atoms with E-state index in [0.29, 0.717) is 31.7 Å². The molecule has 2 N–H and O–H groups in total. The zero-order chi connectivity index (χ0) is 13.7. The van der Waals surface area contributed by atoms with Gasteiger partial charge in [0.15, 0.2) is 0 Å². The lowest BCUT2D eigenvalue weighted by atomic mass is 10.1. The van der Waals surface area contributed by atoms with E-state index in [4.69, 9.17) is 4.74 Å². The Hall–Kier alpha value is -0.650. The first-order valence-corrected chi connectivity index (χ1v) is 7.42. The molecule has 1 saturated carbocycles. The Labute approximate surface area is 115 Å². The molecule has 2 rings (SSSR count). The van der Waals surface area contributed by atoms with Gasteiger partial charge in [0.2, 0.25) is 5.91 Å². The molecule has 1 aliphatic heterocycles. The second kappa shape index (κ2) is 7.22. The quantitative estimate of drug-likeness (QED) is 0.738. The average molecular weight is 270 g/mol. The third-order valence-corrected chi connectivity index (χ3v) is 4.10. The third kappa shape index (κ3) is 4.75. The number of carbonyl (C=O) groups excluding carboxylic acids is 1. The highest BCUT2D eigenvalue weighted by molar-refractivity contribution is 5.76. The molecule has 1 amide bonds. The van der Waals surface area contributed by atoms with Gasteiger partial charge in [0.05, 0.1) is 18.8 Å². The molecule has 19 heavy (non-hydrogen) atoms. The first kappa shape index (κ1) is 14.8. The monoisotopic (exact) mass is 270 g/mol. The molecular weight excluding hydrogens is 244 g/mol. The summed E-state index contributed by atoms with van der Waals surface area (Å²) in [7, 11) is 1.83. The van der Waals surface area contributed by atoms with Crippen molar-refractivity contribution < 1.29 is 14.6 Å². The van der Waals surface area contributed by atoms with Crippen molar-refractivity contribution in [2.75, 3.05) is 26.7 Å². The molecule has 0 aromatic heterocycles. The molecular formula is C14H26N2O3. The summed E-state index contributed by atoms with van der Waals surface area (Å²) in [4.78, 5) is 13.1. The summed E-state index contributed by atoms with van der Waals surface area (Å²) < 4.78 is 5.69. The molecule has 1 aliphatic carbocycles. The maximum Gasteiger partial charge on any atom is 0.222 e. The lowest BCUT2D eigenvalue weighted by Gasteiger charge is -2.31. The number of likely N-dealkylation sites (N-methyl/N-ethyl adjacent to an activating group) is 1. The fourth-order valence-electron chi connectivity index (χ4n) is 2.84. The first-order chi connectivity index (χ1) is 9.15. The van der Waals surface area contributed by atoms with E-state index in [1.165, 1.54) is 12.8 Å². The van der Waals surface area contributed by atoms with Crippen LogP contribution in [0.1, 0.15) is 38.5 Å². The number of amides is 1. The van der Waals surface area contributed by atoms with Gasteiger partial charge in [-0.1, -0.05) is 12.8 Å². The lowest BCUT2D eigenvalue weighted by Crippen LogP contribution is -2.48. The van der Waals surface area contributed by atoms with E-state index < -0.39 is 6.10 Å². The van der Waals surface area contributed by atoms with Crippen LogP contribution in [0, 0.1) is 0 Å². The van der Waals surface area contributed by atoms with Gasteiger partial charge in [-0.25, -0.2) is 0 Å². The van der Waals surface area contributed by atoms with Gasteiger partial charge in [-0.2, -0.15) is 0 Å². The van der Waals surface area contributed by atoms with Crippen LogP contribution >= 0.6 is 0 Å². The summed E-state index contributed by atoms with van der Waals surface area (Å²) in [6.07, 6.45) is 6.13. The minimum absolute atomic E-state index is 0.211. The normalized spacial score (nSPS) is 26.9. The van der Waals surface area contributed by atoms with Gasteiger partial charge >= 0.3 is 0 Å². The topological polar surface area (TPSA) is 61.8 Å². The molecule has 0 aromatic rings. The standard InChI is InChI=1S/C14H26N2O3/c1-16-9-11(6-7-14(16)18)15-8-12(17)10-19-13-4-2-3-5-13/h11-13,15,17H,2-10H2,1H3. The van der Waals surface area contributed by atoms with E-state index >= 15 is 0 Å². The highest BCUT2D eigenvalue weighted by Crippen LogP contribution is 2.20. The Morgan fingerprint density at radius 3 is 2.84 bits per heavy atom. The second-order valence-electron chi connectivity index (χ2n) is 5.81. The van der Waals surface area contributed by atoms with Crippen molar-refractivity contribution in [2.24, 2.45) is 0 Å². The van der Waals surface area contributed by atoms with Gasteiger partial charge in [0.25, 0.3) is 0 Å². The van der Waals surface area contributed by atoms with Gasteiger partial charge < -0.3 is 20.1 Å². The van der Waals surface area contributed by atoms with Crippen LogP contribution in [-0.2, 0) is 9.53 Å². The minimum Gasteiger partial charge on any atom is -0.389 e. The second-order valence-corrected chi connectivity index (χ2v) is 5.81. The number of aliphatic hydroxyl groups excluding tert-OH is 1. The summed E-state index contributed by atoms with van der Waals surface area (Å²) >= 11 is 0.